The van der Waals surface area contributed by atoms with E-state index in [1.54, 1.807) is 25.1 Å². The highest BCUT2D eigenvalue weighted by molar-refractivity contribution is 6.09. The minimum absolute atomic E-state index is 0.179. The van der Waals surface area contributed by atoms with Gasteiger partial charge in [-0.1, -0.05) is 0 Å². The average molecular weight is 476 g/mol. The summed E-state index contributed by atoms with van der Waals surface area (Å²) in [7, 11) is 0. The lowest BCUT2D eigenvalue weighted by Crippen LogP contribution is -2.57. The van der Waals surface area contributed by atoms with E-state index in [0.717, 1.165) is 11.6 Å². The summed E-state index contributed by atoms with van der Waals surface area (Å²) in [4.78, 5) is 30.1. The fourth-order valence-electron chi connectivity index (χ4n) is 3.99. The molecule has 1 unspecified atom stereocenters. The third-order valence-corrected chi connectivity index (χ3v) is 6.07. The summed E-state index contributed by atoms with van der Waals surface area (Å²) in [6.07, 6.45) is -2.73. The van der Waals surface area contributed by atoms with Crippen molar-refractivity contribution >= 4 is 28.5 Å². The van der Waals surface area contributed by atoms with Gasteiger partial charge in [-0.25, -0.2) is 0 Å². The first-order valence-electron chi connectivity index (χ1n) is 10.5. The molecule has 1 aliphatic heterocycles. The number of carbonyl (C=O) groups excluding carboxylic acids is 2. The molecule has 8 nitrogen and oxygen atoms in total. The maximum Gasteiger partial charge on any atom is 0.433 e. The molecule has 34 heavy (non-hydrogen) atoms. The minimum atomic E-state index is -4.53. The van der Waals surface area contributed by atoms with E-state index in [0.29, 0.717) is 40.9 Å². The second kappa shape index (κ2) is 8.32. The molecule has 1 aliphatic rings. The van der Waals surface area contributed by atoms with E-state index < -0.39 is 35.8 Å². The van der Waals surface area contributed by atoms with Gasteiger partial charge in [0.15, 0.2) is 0 Å². The number of amides is 2. The molecule has 11 heteroatoms. The summed E-state index contributed by atoms with van der Waals surface area (Å²) >= 11 is 0. The second-order valence-corrected chi connectivity index (χ2v) is 8.53. The number of pyridine rings is 1. The number of anilines is 1. The van der Waals surface area contributed by atoms with Crippen molar-refractivity contribution in [3.8, 4) is 0 Å². The van der Waals surface area contributed by atoms with Crippen LogP contribution in [0.2, 0.25) is 0 Å². The Labute approximate surface area is 192 Å². The fourth-order valence-corrected chi connectivity index (χ4v) is 3.99. The number of nitrogens with one attached hydrogen (secondary N) is 1. The van der Waals surface area contributed by atoms with E-state index in [1.807, 2.05) is 4.90 Å². The number of rotatable bonds is 5. The van der Waals surface area contributed by atoms with Crippen LogP contribution in [-0.4, -0.2) is 40.6 Å². The minimum Gasteiger partial charge on any atom is -0.461 e. The largest absolute Gasteiger partial charge is 0.461 e. The number of nitrogens with zero attached hydrogens (tertiary/aromatic N) is 2. The number of nitrogens with two attached hydrogens (primary N) is 1. The molecule has 4 rings (SSSR count). The Hall–Kier alpha value is -3.60. The van der Waals surface area contributed by atoms with E-state index in [4.69, 9.17) is 10.2 Å². The summed E-state index contributed by atoms with van der Waals surface area (Å²) in [6, 6.07) is 6.24. The van der Waals surface area contributed by atoms with Gasteiger partial charge in [-0.05, 0) is 55.7 Å². The van der Waals surface area contributed by atoms with Crippen LogP contribution < -0.4 is 16.0 Å². The molecule has 1 aromatic carbocycles. The molecule has 0 spiro atoms. The molecule has 0 bridgehead atoms. The summed E-state index contributed by atoms with van der Waals surface area (Å²) in [6.45, 7) is 3.02. The Balaban J connectivity index is 1.67. The number of aryl methyl sites for hydroxylation is 1. The molecular formula is C23H23F3N4O4. The fraction of sp³-hybridized carbons (Fsp3) is 0.348. The van der Waals surface area contributed by atoms with Crippen LogP contribution in [-0.2, 0) is 23.9 Å². The third kappa shape index (κ3) is 4.18. The number of hydrogen-bond acceptors (Lipinski definition) is 6. The predicted molar refractivity (Wildman–Crippen MR) is 117 cm³/mol. The van der Waals surface area contributed by atoms with Crippen molar-refractivity contribution < 1.29 is 32.3 Å². The molecule has 2 aromatic heterocycles. The third-order valence-electron chi connectivity index (χ3n) is 6.07. The predicted octanol–water partition coefficient (Wildman–Crippen LogP) is 2.68. The van der Waals surface area contributed by atoms with Gasteiger partial charge >= 0.3 is 6.18 Å². The molecule has 2 amide bonds. The molecule has 0 saturated heterocycles. The van der Waals surface area contributed by atoms with Crippen LogP contribution in [0.15, 0.2) is 34.9 Å². The van der Waals surface area contributed by atoms with Crippen LogP contribution in [0, 0.1) is 6.92 Å². The zero-order valence-corrected chi connectivity index (χ0v) is 18.5. The van der Waals surface area contributed by atoms with Gasteiger partial charge in [0.2, 0.25) is 5.91 Å². The Kier molecular flexibility index (Phi) is 5.76. The molecular weight excluding hydrogens is 453 g/mol. The van der Waals surface area contributed by atoms with Crippen LogP contribution in [0.1, 0.15) is 39.9 Å². The Morgan fingerprint density at radius 1 is 1.26 bits per heavy atom. The van der Waals surface area contributed by atoms with Crippen LogP contribution in [0.3, 0.4) is 0 Å². The van der Waals surface area contributed by atoms with Crippen molar-refractivity contribution in [1.82, 2.24) is 10.3 Å². The maximum absolute atomic E-state index is 13.1. The second-order valence-electron chi connectivity index (χ2n) is 8.53. The quantitative estimate of drug-likeness (QED) is 0.521. The Morgan fingerprint density at radius 2 is 2.00 bits per heavy atom. The van der Waals surface area contributed by atoms with E-state index in [2.05, 4.69) is 10.3 Å². The van der Waals surface area contributed by atoms with Gasteiger partial charge in [-0.2, -0.15) is 13.2 Å². The molecule has 1 atom stereocenters. The first-order valence-corrected chi connectivity index (χ1v) is 10.5. The molecule has 0 aliphatic carbocycles. The highest BCUT2D eigenvalue weighted by Gasteiger charge is 2.35. The number of furan rings is 1. The lowest BCUT2D eigenvalue weighted by molar-refractivity contribution is -0.141. The van der Waals surface area contributed by atoms with Crippen molar-refractivity contribution in [3.63, 3.8) is 0 Å². The van der Waals surface area contributed by atoms with Crippen molar-refractivity contribution in [2.24, 2.45) is 5.73 Å². The number of alkyl halides is 3. The van der Waals surface area contributed by atoms with Gasteiger partial charge in [0.05, 0.1) is 12.2 Å². The number of fused-ring (bicyclic) bond motifs is 2. The van der Waals surface area contributed by atoms with Gasteiger partial charge in [0.25, 0.3) is 5.91 Å². The van der Waals surface area contributed by atoms with Crippen molar-refractivity contribution in [2.45, 2.75) is 38.5 Å². The van der Waals surface area contributed by atoms with Gasteiger partial charge in [0, 0.05) is 30.4 Å². The zero-order chi connectivity index (χ0) is 24.8. The molecule has 180 valence electrons. The molecule has 0 fully saturated rings. The van der Waals surface area contributed by atoms with Gasteiger partial charge < -0.3 is 25.5 Å². The van der Waals surface area contributed by atoms with E-state index in [9.17, 15) is 27.9 Å². The van der Waals surface area contributed by atoms with Crippen molar-refractivity contribution in [1.29, 1.82) is 0 Å². The maximum atomic E-state index is 13.1. The number of aliphatic hydroxyl groups excluding tert-OH is 1. The van der Waals surface area contributed by atoms with Crippen LogP contribution in [0.5, 0.6) is 0 Å². The summed E-state index contributed by atoms with van der Waals surface area (Å²) < 4.78 is 45.0. The number of aliphatic hydroxyl groups is 1. The molecule has 4 N–H and O–H groups in total. The van der Waals surface area contributed by atoms with Gasteiger partial charge in [-0.3, -0.25) is 14.6 Å². The molecule has 3 heterocycles. The normalized spacial score (nSPS) is 15.6. The number of carbonyl (C=O) groups is 2. The van der Waals surface area contributed by atoms with E-state index >= 15 is 0 Å². The molecule has 0 saturated carbocycles. The van der Waals surface area contributed by atoms with Crippen LogP contribution >= 0.6 is 0 Å². The Morgan fingerprint density at radius 3 is 2.65 bits per heavy atom. The smallest absolute Gasteiger partial charge is 0.433 e. The highest BCUT2D eigenvalue weighted by atomic mass is 19.4. The standard InChI is InChI=1S/C23H23F3N4O4/c1-12-19(20(32)29-22(2,11-31)21(27)33)16-8-15(3-4-17(16)34-12)30-6-5-13-9-28-18(23(24,25)26)7-14(13)10-30/h3-4,7-9,31H,5-6,10-11H2,1-2H3,(H2,27,33)(H,29,32). The van der Waals surface area contributed by atoms with Crippen LogP contribution in [0.4, 0.5) is 18.9 Å². The van der Waals surface area contributed by atoms with Gasteiger partial charge in [-0.15, -0.1) is 0 Å². The zero-order valence-electron chi connectivity index (χ0n) is 18.5. The van der Waals surface area contributed by atoms with E-state index in [-0.39, 0.29) is 12.1 Å². The molecule has 0 radical (unpaired) electrons. The number of aromatic nitrogens is 1. The monoisotopic (exact) mass is 476 g/mol. The van der Waals surface area contributed by atoms with Crippen molar-refractivity contribution in [2.75, 3.05) is 18.1 Å². The number of benzene rings is 1. The number of hydrogen-bond donors (Lipinski definition) is 3. The average Bonchev–Trinajstić information content (AvgIpc) is 3.12. The summed E-state index contributed by atoms with van der Waals surface area (Å²) in [5.41, 5.74) is 5.32. The first-order chi connectivity index (χ1) is 15.9. The highest BCUT2D eigenvalue weighted by Crippen LogP contribution is 2.34. The number of primary amides is 1. The summed E-state index contributed by atoms with van der Waals surface area (Å²) in [5, 5.41) is 12.5. The Bertz CT molecular complexity index is 1290. The lowest BCUT2D eigenvalue weighted by Gasteiger charge is -2.31. The van der Waals surface area contributed by atoms with Crippen molar-refractivity contribution in [3.05, 3.63) is 58.6 Å². The topological polar surface area (TPSA) is 122 Å². The summed E-state index contributed by atoms with van der Waals surface area (Å²) in [5.74, 6) is -1.23. The van der Waals surface area contributed by atoms with E-state index in [1.165, 1.54) is 13.1 Å². The van der Waals surface area contributed by atoms with Crippen LogP contribution in [0.25, 0.3) is 11.0 Å². The SMILES string of the molecule is Cc1oc2ccc(N3CCc4cnc(C(F)(F)F)cc4C3)cc2c1C(=O)NC(C)(CO)C(N)=O. The molecule has 3 aromatic rings. The number of halogens is 3. The lowest BCUT2D eigenvalue weighted by atomic mass is 9.99. The van der Waals surface area contributed by atoms with Gasteiger partial charge in [0.1, 0.15) is 22.6 Å². The first kappa shape index (κ1) is 23.6.